The van der Waals surface area contributed by atoms with E-state index in [1.807, 2.05) is 37.3 Å². The largest absolute Gasteiger partial charge is 0.384 e. The molecule has 1 atom stereocenters. The molecule has 21 heavy (non-hydrogen) atoms. The number of halogens is 1. The quantitative estimate of drug-likeness (QED) is 0.892. The minimum Gasteiger partial charge on any atom is -0.384 e. The predicted molar refractivity (Wildman–Crippen MR) is 87.1 cm³/mol. The van der Waals surface area contributed by atoms with Crippen LogP contribution < -0.4 is 10.6 Å². The lowest BCUT2D eigenvalue weighted by Crippen LogP contribution is -2.17. The van der Waals surface area contributed by atoms with E-state index in [9.17, 15) is 4.79 Å². The van der Waals surface area contributed by atoms with Gasteiger partial charge in [0.25, 0.3) is 0 Å². The number of para-hydroxylation sites is 1. The van der Waals surface area contributed by atoms with Crippen molar-refractivity contribution in [2.24, 2.45) is 0 Å². The van der Waals surface area contributed by atoms with Gasteiger partial charge in [-0.15, -0.1) is 0 Å². The lowest BCUT2D eigenvalue weighted by atomic mass is 9.97. The molecule has 2 aromatic rings. The maximum atomic E-state index is 12.3. The number of nitrogens with one attached hydrogen (secondary N) is 2. The molecule has 0 fully saturated rings. The van der Waals surface area contributed by atoms with Crippen molar-refractivity contribution in [3.05, 3.63) is 58.6 Å². The minimum absolute atomic E-state index is 0.0175. The van der Waals surface area contributed by atoms with E-state index in [-0.39, 0.29) is 11.8 Å². The molecule has 2 N–H and O–H groups in total. The molecular formula is C17H17ClN2O. The molecule has 4 heteroatoms. The smallest absolute Gasteiger partial charge is 0.225 e. The normalized spacial score (nSPS) is 16.2. The molecule has 1 unspecified atom stereocenters. The third kappa shape index (κ3) is 3.03. The summed E-state index contributed by atoms with van der Waals surface area (Å²) in [5.74, 6) is 0.240. The van der Waals surface area contributed by atoms with Crippen LogP contribution >= 0.6 is 11.6 Å². The number of fused-ring (bicyclic) bond motifs is 1. The van der Waals surface area contributed by atoms with Crippen LogP contribution in [0.1, 0.15) is 23.5 Å². The lowest BCUT2D eigenvalue weighted by molar-refractivity contribution is -0.116. The van der Waals surface area contributed by atoms with Gasteiger partial charge in [-0.3, -0.25) is 4.79 Å². The van der Waals surface area contributed by atoms with Crippen molar-refractivity contribution in [3.63, 3.8) is 0 Å². The SMILES string of the molecule is Cc1ccc(Cl)cc1NC(=O)CC1CNc2ccccc21. The number of amides is 1. The first kappa shape index (κ1) is 14.0. The number of carbonyl (C=O) groups excluding carboxylic acids is 1. The molecule has 0 saturated carbocycles. The molecular weight excluding hydrogens is 284 g/mol. The van der Waals surface area contributed by atoms with Gasteiger partial charge < -0.3 is 10.6 Å². The van der Waals surface area contributed by atoms with Gasteiger partial charge in [0.2, 0.25) is 5.91 Å². The highest BCUT2D eigenvalue weighted by Gasteiger charge is 2.24. The van der Waals surface area contributed by atoms with Gasteiger partial charge in [0, 0.05) is 35.3 Å². The third-order valence-corrected chi connectivity index (χ3v) is 4.08. The fourth-order valence-corrected chi connectivity index (χ4v) is 2.87. The second-order valence-electron chi connectivity index (χ2n) is 5.38. The summed E-state index contributed by atoms with van der Waals surface area (Å²) in [5, 5.41) is 6.92. The monoisotopic (exact) mass is 300 g/mol. The Labute approximate surface area is 129 Å². The molecule has 1 amide bonds. The van der Waals surface area contributed by atoms with Gasteiger partial charge in [0.05, 0.1) is 0 Å². The third-order valence-electron chi connectivity index (χ3n) is 3.85. The molecule has 3 nitrogen and oxygen atoms in total. The van der Waals surface area contributed by atoms with E-state index >= 15 is 0 Å². The van der Waals surface area contributed by atoms with Crippen molar-refractivity contribution >= 4 is 28.9 Å². The standard InChI is InChI=1S/C17H17ClN2O/c1-11-6-7-13(18)9-16(11)20-17(21)8-12-10-19-15-5-3-2-4-14(12)15/h2-7,9,12,19H,8,10H2,1H3,(H,20,21). The van der Waals surface area contributed by atoms with E-state index in [1.54, 1.807) is 6.07 Å². The Bertz CT molecular complexity index is 684. The number of carbonyl (C=O) groups is 1. The van der Waals surface area contributed by atoms with Crippen molar-refractivity contribution in [2.45, 2.75) is 19.3 Å². The fraction of sp³-hybridized carbons (Fsp3) is 0.235. The van der Waals surface area contributed by atoms with Crippen LogP contribution in [0.5, 0.6) is 0 Å². The second kappa shape index (κ2) is 5.78. The molecule has 2 aromatic carbocycles. The number of benzene rings is 2. The molecule has 1 aliphatic rings. The number of hydrogen-bond acceptors (Lipinski definition) is 2. The predicted octanol–water partition coefficient (Wildman–Crippen LogP) is 4.19. The van der Waals surface area contributed by atoms with E-state index in [4.69, 9.17) is 11.6 Å². The maximum absolute atomic E-state index is 12.3. The lowest BCUT2D eigenvalue weighted by Gasteiger charge is -2.12. The molecule has 1 heterocycles. The number of anilines is 2. The molecule has 0 saturated heterocycles. The Morgan fingerprint density at radius 1 is 1.33 bits per heavy atom. The fourth-order valence-electron chi connectivity index (χ4n) is 2.69. The van der Waals surface area contributed by atoms with Gasteiger partial charge in [0.1, 0.15) is 0 Å². The van der Waals surface area contributed by atoms with Gasteiger partial charge in [-0.2, -0.15) is 0 Å². The van der Waals surface area contributed by atoms with E-state index < -0.39 is 0 Å². The Balaban J connectivity index is 1.69. The summed E-state index contributed by atoms with van der Waals surface area (Å²) in [7, 11) is 0. The summed E-state index contributed by atoms with van der Waals surface area (Å²) in [6.45, 7) is 2.76. The highest BCUT2D eigenvalue weighted by Crippen LogP contribution is 2.33. The first-order valence-electron chi connectivity index (χ1n) is 7.02. The summed E-state index contributed by atoms with van der Waals surface area (Å²) < 4.78 is 0. The molecule has 108 valence electrons. The molecule has 0 aliphatic carbocycles. The van der Waals surface area contributed by atoms with Crippen LogP contribution in [0, 0.1) is 6.92 Å². The summed E-state index contributed by atoms with van der Waals surface area (Å²) in [5.41, 5.74) is 4.15. The van der Waals surface area contributed by atoms with Gasteiger partial charge in [-0.1, -0.05) is 35.9 Å². The van der Waals surface area contributed by atoms with Crippen molar-refractivity contribution in [1.29, 1.82) is 0 Å². The minimum atomic E-state index is 0.0175. The average Bonchev–Trinajstić information content (AvgIpc) is 2.86. The van der Waals surface area contributed by atoms with Crippen LogP contribution in [-0.2, 0) is 4.79 Å². The molecule has 0 bridgehead atoms. The first-order chi connectivity index (χ1) is 10.1. The molecule has 0 aromatic heterocycles. The van der Waals surface area contributed by atoms with Crippen LogP contribution in [0.4, 0.5) is 11.4 Å². The van der Waals surface area contributed by atoms with Crippen molar-refractivity contribution in [3.8, 4) is 0 Å². The van der Waals surface area contributed by atoms with Crippen LogP contribution in [0.15, 0.2) is 42.5 Å². The highest BCUT2D eigenvalue weighted by atomic mass is 35.5. The average molecular weight is 301 g/mol. The molecule has 1 aliphatic heterocycles. The number of rotatable bonds is 3. The molecule has 0 radical (unpaired) electrons. The Hall–Kier alpha value is -2.00. The van der Waals surface area contributed by atoms with E-state index in [2.05, 4.69) is 16.7 Å². The Morgan fingerprint density at radius 3 is 3.00 bits per heavy atom. The summed E-state index contributed by atoms with van der Waals surface area (Å²) in [6, 6.07) is 13.7. The molecule has 3 rings (SSSR count). The van der Waals surface area contributed by atoms with Gasteiger partial charge >= 0.3 is 0 Å². The molecule has 0 spiro atoms. The van der Waals surface area contributed by atoms with Gasteiger partial charge in [-0.25, -0.2) is 0 Å². The topological polar surface area (TPSA) is 41.1 Å². The summed E-state index contributed by atoms with van der Waals surface area (Å²) in [4.78, 5) is 12.3. The van der Waals surface area contributed by atoms with Crippen LogP contribution in [0.25, 0.3) is 0 Å². The Morgan fingerprint density at radius 2 is 2.14 bits per heavy atom. The maximum Gasteiger partial charge on any atom is 0.225 e. The van der Waals surface area contributed by atoms with Gasteiger partial charge in [0.15, 0.2) is 0 Å². The first-order valence-corrected chi connectivity index (χ1v) is 7.40. The van der Waals surface area contributed by atoms with E-state index in [0.29, 0.717) is 11.4 Å². The zero-order valence-corrected chi connectivity index (χ0v) is 12.6. The Kier molecular flexibility index (Phi) is 3.84. The zero-order chi connectivity index (χ0) is 14.8. The number of aryl methyl sites for hydroxylation is 1. The second-order valence-corrected chi connectivity index (χ2v) is 5.81. The van der Waals surface area contributed by atoms with Crippen molar-refractivity contribution in [2.75, 3.05) is 17.2 Å². The number of hydrogen-bond donors (Lipinski definition) is 2. The van der Waals surface area contributed by atoms with Crippen LogP contribution in [-0.4, -0.2) is 12.5 Å². The summed E-state index contributed by atoms with van der Waals surface area (Å²) >= 11 is 5.98. The van der Waals surface area contributed by atoms with Crippen molar-refractivity contribution in [1.82, 2.24) is 0 Å². The van der Waals surface area contributed by atoms with Crippen LogP contribution in [0.3, 0.4) is 0 Å². The van der Waals surface area contributed by atoms with Crippen molar-refractivity contribution < 1.29 is 4.79 Å². The van der Waals surface area contributed by atoms with Crippen LogP contribution in [0.2, 0.25) is 5.02 Å². The highest BCUT2D eigenvalue weighted by molar-refractivity contribution is 6.31. The van der Waals surface area contributed by atoms with E-state index in [0.717, 1.165) is 23.5 Å². The van der Waals surface area contributed by atoms with Gasteiger partial charge in [-0.05, 0) is 36.2 Å². The summed E-state index contributed by atoms with van der Waals surface area (Å²) in [6.07, 6.45) is 0.468. The van der Waals surface area contributed by atoms with E-state index in [1.165, 1.54) is 5.56 Å². The zero-order valence-electron chi connectivity index (χ0n) is 11.8.